The summed E-state index contributed by atoms with van der Waals surface area (Å²) in [5.41, 5.74) is 2.60. The summed E-state index contributed by atoms with van der Waals surface area (Å²) < 4.78 is 15.4. The highest BCUT2D eigenvalue weighted by Gasteiger charge is 2.27. The van der Waals surface area contributed by atoms with Crippen LogP contribution in [0.2, 0.25) is 0 Å². The Kier molecular flexibility index (Phi) is 5.64. The lowest BCUT2D eigenvalue weighted by Crippen LogP contribution is -2.47. The van der Waals surface area contributed by atoms with E-state index in [-0.39, 0.29) is 11.7 Å². The first-order chi connectivity index (χ1) is 15.2. The molecule has 6 heteroatoms. The molecule has 1 aromatic carbocycles. The summed E-state index contributed by atoms with van der Waals surface area (Å²) in [6, 6.07) is 14.6. The molecule has 0 unspecified atom stereocenters. The van der Waals surface area contributed by atoms with Crippen molar-refractivity contribution >= 4 is 17.2 Å². The molecule has 1 N–H and O–H groups in total. The maximum atomic E-state index is 13.3. The number of pyridine rings is 1. The molecular formula is C25H29FN4O. The number of nitrogens with one attached hydrogen (secondary N) is 1. The van der Waals surface area contributed by atoms with Crippen LogP contribution in [-0.2, 0) is 6.42 Å². The van der Waals surface area contributed by atoms with Gasteiger partial charge in [0.25, 0.3) is 5.91 Å². The van der Waals surface area contributed by atoms with Crippen LogP contribution >= 0.6 is 0 Å². The predicted octanol–water partition coefficient (Wildman–Crippen LogP) is 3.58. The van der Waals surface area contributed by atoms with Crippen LogP contribution in [-0.4, -0.2) is 54.5 Å². The average molecular weight is 421 g/mol. The van der Waals surface area contributed by atoms with Crippen LogP contribution in [0, 0.1) is 11.7 Å². The van der Waals surface area contributed by atoms with Crippen molar-refractivity contribution in [3.05, 3.63) is 71.7 Å². The highest BCUT2D eigenvalue weighted by Crippen LogP contribution is 2.30. The summed E-state index contributed by atoms with van der Waals surface area (Å²) in [7, 11) is 0. The molecule has 2 fully saturated rings. The summed E-state index contributed by atoms with van der Waals surface area (Å²) in [6.45, 7) is 5.96. The monoisotopic (exact) mass is 420 g/mol. The first-order valence-corrected chi connectivity index (χ1v) is 11.3. The number of amides is 1. The third kappa shape index (κ3) is 4.74. The zero-order valence-corrected chi connectivity index (χ0v) is 17.8. The Bertz CT molecular complexity index is 1070. The second kappa shape index (κ2) is 8.71. The molecule has 0 spiro atoms. The van der Waals surface area contributed by atoms with Gasteiger partial charge in [-0.25, -0.2) is 4.39 Å². The van der Waals surface area contributed by atoms with Crippen molar-refractivity contribution in [3.8, 4) is 0 Å². The van der Waals surface area contributed by atoms with Crippen molar-refractivity contribution in [2.75, 3.05) is 44.2 Å². The summed E-state index contributed by atoms with van der Waals surface area (Å²) in [6.07, 6.45) is 5.33. The van der Waals surface area contributed by atoms with Crippen molar-refractivity contribution in [1.29, 1.82) is 0 Å². The fraction of sp³-hybridized carbons (Fsp3) is 0.400. The Labute approximate surface area is 182 Å². The second-order valence-electron chi connectivity index (χ2n) is 8.77. The SMILES string of the molecule is O=C(NCCc1cccc(F)c1)c1ccc2ccc(N3CCN(CC4CC4)CC3)n2c1. The standard InChI is InChI=1S/C25H29FN4O/c26-22-3-1-2-19(16-22)10-11-27-25(31)21-6-7-23-8-9-24(30(23)18-21)29-14-12-28(13-15-29)17-20-4-5-20/h1-3,6-9,16,18,20H,4-5,10-15,17H2,(H,27,31). The van der Waals surface area contributed by atoms with Crippen LogP contribution in [0.1, 0.15) is 28.8 Å². The van der Waals surface area contributed by atoms with Crippen molar-refractivity contribution < 1.29 is 9.18 Å². The smallest absolute Gasteiger partial charge is 0.252 e. The molecule has 2 aliphatic rings. The molecule has 5 nitrogen and oxygen atoms in total. The first kappa shape index (κ1) is 20.1. The molecule has 1 amide bonds. The number of halogens is 1. The van der Waals surface area contributed by atoms with Crippen molar-refractivity contribution in [3.63, 3.8) is 0 Å². The zero-order chi connectivity index (χ0) is 21.2. The number of hydrogen-bond acceptors (Lipinski definition) is 3. The van der Waals surface area contributed by atoms with Gasteiger partial charge in [-0.1, -0.05) is 12.1 Å². The predicted molar refractivity (Wildman–Crippen MR) is 121 cm³/mol. The molecular weight excluding hydrogens is 391 g/mol. The van der Waals surface area contributed by atoms with E-state index in [0.29, 0.717) is 18.5 Å². The van der Waals surface area contributed by atoms with E-state index in [4.69, 9.17) is 0 Å². The molecule has 0 bridgehead atoms. The van der Waals surface area contributed by atoms with Crippen LogP contribution in [0.5, 0.6) is 0 Å². The summed E-state index contributed by atoms with van der Waals surface area (Å²) >= 11 is 0. The number of rotatable bonds is 7. The van der Waals surface area contributed by atoms with Crippen LogP contribution in [0.4, 0.5) is 10.2 Å². The van der Waals surface area contributed by atoms with E-state index in [9.17, 15) is 9.18 Å². The molecule has 1 aliphatic heterocycles. The van der Waals surface area contributed by atoms with Gasteiger partial charge in [-0.2, -0.15) is 0 Å². The van der Waals surface area contributed by atoms with Gasteiger partial charge in [0.1, 0.15) is 11.6 Å². The van der Waals surface area contributed by atoms with Crippen LogP contribution in [0.3, 0.4) is 0 Å². The number of hydrogen-bond donors (Lipinski definition) is 1. The van der Waals surface area contributed by atoms with Crippen molar-refractivity contribution in [2.24, 2.45) is 5.92 Å². The topological polar surface area (TPSA) is 40.0 Å². The van der Waals surface area contributed by atoms with Gasteiger partial charge in [-0.15, -0.1) is 0 Å². The zero-order valence-electron chi connectivity index (χ0n) is 17.8. The molecule has 3 aromatic rings. The molecule has 3 heterocycles. The van der Waals surface area contributed by atoms with E-state index in [1.165, 1.54) is 31.5 Å². The minimum Gasteiger partial charge on any atom is -0.355 e. The summed E-state index contributed by atoms with van der Waals surface area (Å²) in [5.74, 6) is 1.73. The molecule has 0 radical (unpaired) electrons. The third-order valence-corrected chi connectivity index (χ3v) is 6.39. The van der Waals surface area contributed by atoms with Gasteiger partial charge in [-0.3, -0.25) is 9.69 Å². The Hall–Kier alpha value is -2.86. The normalized spacial score (nSPS) is 17.3. The number of anilines is 1. The fourth-order valence-electron chi connectivity index (χ4n) is 4.42. The Balaban J connectivity index is 1.22. The van der Waals surface area contributed by atoms with Gasteiger partial charge in [0.05, 0.1) is 5.56 Å². The number of nitrogens with zero attached hydrogens (tertiary/aromatic N) is 3. The van der Waals surface area contributed by atoms with Gasteiger partial charge in [0.2, 0.25) is 0 Å². The third-order valence-electron chi connectivity index (χ3n) is 6.39. The number of carbonyl (C=O) groups is 1. The van der Waals surface area contributed by atoms with E-state index in [2.05, 4.69) is 31.7 Å². The summed E-state index contributed by atoms with van der Waals surface area (Å²) in [4.78, 5) is 17.7. The van der Waals surface area contributed by atoms with E-state index in [1.54, 1.807) is 6.07 Å². The average Bonchev–Trinajstić information content (AvgIpc) is 3.49. The molecule has 2 aromatic heterocycles. The van der Waals surface area contributed by atoms with E-state index >= 15 is 0 Å². The maximum absolute atomic E-state index is 13.3. The minimum absolute atomic E-state index is 0.104. The van der Waals surface area contributed by atoms with Gasteiger partial charge < -0.3 is 14.6 Å². The van der Waals surface area contributed by atoms with Gasteiger partial charge >= 0.3 is 0 Å². The molecule has 31 heavy (non-hydrogen) atoms. The van der Waals surface area contributed by atoms with Crippen LogP contribution in [0.15, 0.2) is 54.7 Å². The largest absolute Gasteiger partial charge is 0.355 e. The second-order valence-corrected chi connectivity index (χ2v) is 8.77. The van der Waals surface area contributed by atoms with Crippen LogP contribution < -0.4 is 10.2 Å². The number of piperazine rings is 1. The Morgan fingerprint density at radius 3 is 2.61 bits per heavy atom. The fourth-order valence-corrected chi connectivity index (χ4v) is 4.42. The minimum atomic E-state index is -0.247. The molecule has 5 rings (SSSR count). The first-order valence-electron chi connectivity index (χ1n) is 11.3. The Morgan fingerprint density at radius 2 is 1.84 bits per heavy atom. The Morgan fingerprint density at radius 1 is 1.03 bits per heavy atom. The molecule has 162 valence electrons. The highest BCUT2D eigenvalue weighted by molar-refractivity contribution is 5.94. The quantitative estimate of drug-likeness (QED) is 0.635. The number of fused-ring (bicyclic) bond motifs is 1. The molecule has 1 saturated heterocycles. The molecule has 0 atom stereocenters. The maximum Gasteiger partial charge on any atom is 0.252 e. The van der Waals surface area contributed by atoms with Crippen LogP contribution in [0.25, 0.3) is 5.52 Å². The van der Waals surface area contributed by atoms with Gasteiger partial charge in [-0.05, 0) is 67.1 Å². The molecule has 1 aliphatic carbocycles. The lowest BCUT2D eigenvalue weighted by molar-refractivity contribution is 0.0953. The van der Waals surface area contributed by atoms with Crippen molar-refractivity contribution in [1.82, 2.24) is 14.6 Å². The lowest BCUT2D eigenvalue weighted by atomic mass is 10.1. The van der Waals surface area contributed by atoms with Crippen molar-refractivity contribution in [2.45, 2.75) is 19.3 Å². The van der Waals surface area contributed by atoms with E-state index < -0.39 is 0 Å². The molecule has 1 saturated carbocycles. The van der Waals surface area contributed by atoms with Gasteiger partial charge in [0, 0.05) is 51.0 Å². The number of carbonyl (C=O) groups excluding carboxylic acids is 1. The summed E-state index contributed by atoms with van der Waals surface area (Å²) in [5, 5.41) is 2.96. The van der Waals surface area contributed by atoms with Gasteiger partial charge in [0.15, 0.2) is 0 Å². The highest BCUT2D eigenvalue weighted by atomic mass is 19.1. The number of aromatic nitrogens is 1. The van der Waals surface area contributed by atoms with E-state index in [0.717, 1.165) is 49.0 Å². The number of benzene rings is 1. The van der Waals surface area contributed by atoms with E-state index in [1.807, 2.05) is 24.4 Å². The lowest BCUT2D eigenvalue weighted by Gasteiger charge is -2.35.